The predicted octanol–water partition coefficient (Wildman–Crippen LogP) is 2.54. The van der Waals surface area contributed by atoms with Gasteiger partial charge in [0.2, 0.25) is 0 Å². The lowest BCUT2D eigenvalue weighted by Gasteiger charge is -2.52. The Labute approximate surface area is 88.2 Å². The van der Waals surface area contributed by atoms with E-state index in [1.165, 1.54) is 11.1 Å². The van der Waals surface area contributed by atoms with E-state index in [1.807, 2.05) is 6.20 Å². The van der Waals surface area contributed by atoms with Crippen molar-refractivity contribution < 1.29 is 4.74 Å². The van der Waals surface area contributed by atoms with Crippen molar-refractivity contribution in [3.8, 4) is 0 Å². The highest BCUT2D eigenvalue weighted by Gasteiger charge is 2.51. The fourth-order valence-corrected chi connectivity index (χ4v) is 3.10. The molecule has 74 valence electrons. The monoisotopic (exact) mass is 209 g/mol. The molecule has 1 aromatic heterocycles. The fourth-order valence-electron chi connectivity index (χ4n) is 2.86. The number of aromatic nitrogens is 1. The topological polar surface area (TPSA) is 22.1 Å². The van der Waals surface area contributed by atoms with Crippen LogP contribution in [0.25, 0.3) is 0 Å². The lowest BCUT2D eigenvalue weighted by Crippen LogP contribution is -2.48. The van der Waals surface area contributed by atoms with Gasteiger partial charge in [-0.2, -0.15) is 0 Å². The number of halogens is 1. The molecule has 1 fully saturated rings. The zero-order chi connectivity index (χ0) is 9.76. The normalized spacial score (nSPS) is 33.4. The van der Waals surface area contributed by atoms with Crippen LogP contribution in [0.15, 0.2) is 12.4 Å². The molecule has 0 N–H and O–H groups in total. The van der Waals surface area contributed by atoms with Crippen LogP contribution in [0.1, 0.15) is 24.0 Å². The van der Waals surface area contributed by atoms with Crippen LogP contribution < -0.4 is 0 Å². The van der Waals surface area contributed by atoms with E-state index in [4.69, 9.17) is 16.3 Å². The maximum Gasteiger partial charge on any atom is 0.0951 e. The van der Waals surface area contributed by atoms with Gasteiger partial charge in [-0.05, 0) is 30.7 Å². The van der Waals surface area contributed by atoms with E-state index in [1.54, 1.807) is 13.3 Å². The largest absolute Gasteiger partial charge is 0.373 e. The first kappa shape index (κ1) is 8.69. The number of pyridine rings is 1. The molecule has 0 saturated heterocycles. The van der Waals surface area contributed by atoms with Crippen molar-refractivity contribution >= 4 is 11.6 Å². The standard InChI is InChI=1S/C11H12ClNO/c1-14-11-3-7(4-11)2-8-9(11)5-13-6-10(8)12/h5-7H,2-4H2,1H3. The van der Waals surface area contributed by atoms with Crippen LogP contribution in [0.4, 0.5) is 0 Å². The minimum absolute atomic E-state index is 0.0594. The summed E-state index contributed by atoms with van der Waals surface area (Å²) in [5, 5.41) is 0.799. The Morgan fingerprint density at radius 3 is 3.00 bits per heavy atom. The molecule has 1 heterocycles. The van der Waals surface area contributed by atoms with E-state index in [0.717, 1.165) is 30.2 Å². The van der Waals surface area contributed by atoms with Gasteiger partial charge in [0.1, 0.15) is 0 Å². The highest BCUT2D eigenvalue weighted by Crippen LogP contribution is 2.55. The molecule has 14 heavy (non-hydrogen) atoms. The summed E-state index contributed by atoms with van der Waals surface area (Å²) in [6.45, 7) is 0. The minimum atomic E-state index is -0.0594. The molecule has 0 radical (unpaired) electrons. The van der Waals surface area contributed by atoms with Gasteiger partial charge in [0, 0.05) is 25.1 Å². The van der Waals surface area contributed by atoms with Crippen molar-refractivity contribution in [2.24, 2.45) is 5.92 Å². The van der Waals surface area contributed by atoms with Crippen molar-refractivity contribution in [1.82, 2.24) is 4.98 Å². The smallest absolute Gasteiger partial charge is 0.0951 e. The maximum absolute atomic E-state index is 6.13. The first-order valence-electron chi connectivity index (χ1n) is 4.93. The van der Waals surface area contributed by atoms with Gasteiger partial charge in [-0.1, -0.05) is 11.6 Å². The van der Waals surface area contributed by atoms with Gasteiger partial charge in [-0.3, -0.25) is 4.98 Å². The second-order valence-corrected chi connectivity index (χ2v) is 4.73. The van der Waals surface area contributed by atoms with E-state index in [9.17, 15) is 0 Å². The average molecular weight is 210 g/mol. The average Bonchev–Trinajstić information content (AvgIpc) is 2.16. The molecule has 3 aliphatic rings. The second kappa shape index (κ2) is 2.71. The summed E-state index contributed by atoms with van der Waals surface area (Å²) >= 11 is 6.13. The summed E-state index contributed by atoms with van der Waals surface area (Å²) in [5.74, 6) is 0.766. The van der Waals surface area contributed by atoms with E-state index in [2.05, 4.69) is 4.98 Å². The molecule has 0 atom stereocenters. The number of rotatable bonds is 1. The van der Waals surface area contributed by atoms with Gasteiger partial charge in [-0.25, -0.2) is 0 Å². The highest BCUT2D eigenvalue weighted by atomic mass is 35.5. The molecular weight excluding hydrogens is 198 g/mol. The van der Waals surface area contributed by atoms with E-state index < -0.39 is 0 Å². The summed E-state index contributed by atoms with van der Waals surface area (Å²) in [6.07, 6.45) is 7.02. The Morgan fingerprint density at radius 2 is 2.29 bits per heavy atom. The van der Waals surface area contributed by atoms with Crippen LogP contribution in [0.5, 0.6) is 0 Å². The Balaban J connectivity index is 2.18. The first-order chi connectivity index (χ1) is 6.75. The summed E-state index contributed by atoms with van der Waals surface area (Å²) < 4.78 is 5.63. The number of hydrogen-bond donors (Lipinski definition) is 0. The van der Waals surface area contributed by atoms with Crippen LogP contribution in [0.3, 0.4) is 0 Å². The van der Waals surface area contributed by atoms with Gasteiger partial charge in [0.05, 0.1) is 10.6 Å². The maximum atomic E-state index is 6.13. The van der Waals surface area contributed by atoms with Crippen LogP contribution in [-0.2, 0) is 16.8 Å². The Hall–Kier alpha value is -0.600. The van der Waals surface area contributed by atoms with Crippen LogP contribution >= 0.6 is 11.6 Å². The van der Waals surface area contributed by atoms with Crippen molar-refractivity contribution in [3.63, 3.8) is 0 Å². The number of methoxy groups -OCH3 is 1. The Bertz CT molecular complexity index is 385. The van der Waals surface area contributed by atoms with Crippen molar-refractivity contribution in [2.75, 3.05) is 7.11 Å². The van der Waals surface area contributed by atoms with Crippen LogP contribution in [-0.4, -0.2) is 12.1 Å². The molecule has 4 rings (SSSR count). The third kappa shape index (κ3) is 0.931. The molecule has 1 aromatic rings. The molecule has 3 heteroatoms. The Kier molecular flexibility index (Phi) is 1.68. The zero-order valence-electron chi connectivity index (χ0n) is 8.09. The lowest BCUT2D eigenvalue weighted by atomic mass is 9.59. The van der Waals surface area contributed by atoms with Crippen molar-refractivity contribution in [3.05, 3.63) is 28.5 Å². The molecule has 0 aromatic carbocycles. The molecule has 0 unspecified atom stereocenters. The van der Waals surface area contributed by atoms with Gasteiger partial charge < -0.3 is 4.74 Å². The van der Waals surface area contributed by atoms with E-state index in [-0.39, 0.29) is 5.60 Å². The van der Waals surface area contributed by atoms with Crippen molar-refractivity contribution in [1.29, 1.82) is 0 Å². The number of nitrogens with zero attached hydrogens (tertiary/aromatic N) is 1. The molecule has 0 spiro atoms. The van der Waals surface area contributed by atoms with Gasteiger partial charge in [0.25, 0.3) is 0 Å². The molecule has 2 bridgehead atoms. The SMILES string of the molecule is COC12CC(Cc3c(Cl)cncc31)C2. The molecule has 0 aliphatic heterocycles. The summed E-state index contributed by atoms with van der Waals surface area (Å²) in [7, 11) is 1.78. The third-order valence-electron chi connectivity index (χ3n) is 3.62. The number of hydrogen-bond acceptors (Lipinski definition) is 2. The third-order valence-corrected chi connectivity index (χ3v) is 3.94. The van der Waals surface area contributed by atoms with Gasteiger partial charge >= 0.3 is 0 Å². The molecule has 1 saturated carbocycles. The molecular formula is C11H12ClNO. The molecule has 3 aliphatic carbocycles. The lowest BCUT2D eigenvalue weighted by molar-refractivity contribution is -0.122. The van der Waals surface area contributed by atoms with Crippen LogP contribution in [0, 0.1) is 5.92 Å². The highest BCUT2D eigenvalue weighted by molar-refractivity contribution is 6.31. The Morgan fingerprint density at radius 1 is 1.50 bits per heavy atom. The quantitative estimate of drug-likeness (QED) is 0.709. The second-order valence-electron chi connectivity index (χ2n) is 4.32. The van der Waals surface area contributed by atoms with Crippen molar-refractivity contribution in [2.45, 2.75) is 24.9 Å². The van der Waals surface area contributed by atoms with Gasteiger partial charge in [0.15, 0.2) is 0 Å². The fraction of sp³-hybridized carbons (Fsp3) is 0.545. The minimum Gasteiger partial charge on any atom is -0.373 e. The summed E-state index contributed by atoms with van der Waals surface area (Å²) in [4.78, 5) is 4.15. The van der Waals surface area contributed by atoms with E-state index >= 15 is 0 Å². The molecule has 0 amide bonds. The van der Waals surface area contributed by atoms with Gasteiger partial charge in [-0.15, -0.1) is 0 Å². The summed E-state index contributed by atoms with van der Waals surface area (Å²) in [5.41, 5.74) is 2.41. The summed E-state index contributed by atoms with van der Waals surface area (Å²) in [6, 6.07) is 0. The molecule has 2 nitrogen and oxygen atoms in total. The van der Waals surface area contributed by atoms with E-state index in [0.29, 0.717) is 0 Å². The number of ether oxygens (including phenoxy) is 1. The zero-order valence-corrected chi connectivity index (χ0v) is 8.84. The first-order valence-corrected chi connectivity index (χ1v) is 5.31. The van der Waals surface area contributed by atoms with Crippen LogP contribution in [0.2, 0.25) is 5.02 Å². The predicted molar refractivity (Wildman–Crippen MR) is 54.4 cm³/mol.